The van der Waals surface area contributed by atoms with Gasteiger partial charge in [0.05, 0.1) is 0 Å². The van der Waals surface area contributed by atoms with Crippen LogP contribution < -0.4 is 10.2 Å². The first kappa shape index (κ1) is 22.6. The molecule has 0 unspecified atom stereocenters. The van der Waals surface area contributed by atoms with Crippen LogP contribution >= 0.6 is 12.4 Å². The molecular formula is C22H24ClNO7. The first-order valence-electron chi connectivity index (χ1n) is 9.84. The number of hydrogen-bond acceptors (Lipinski definition) is 8. The highest BCUT2D eigenvalue weighted by Crippen LogP contribution is 2.39. The van der Waals surface area contributed by atoms with E-state index in [1.54, 1.807) is 0 Å². The lowest BCUT2D eigenvalue weighted by molar-refractivity contribution is 0.183. The van der Waals surface area contributed by atoms with E-state index in [-0.39, 0.29) is 40.4 Å². The zero-order valence-corrected chi connectivity index (χ0v) is 17.5. The monoisotopic (exact) mass is 449 g/mol. The Bertz CT molecular complexity index is 1120. The van der Waals surface area contributed by atoms with E-state index in [2.05, 4.69) is 4.90 Å². The average molecular weight is 450 g/mol. The van der Waals surface area contributed by atoms with Crippen LogP contribution in [0.15, 0.2) is 39.5 Å². The maximum atomic E-state index is 12.5. The van der Waals surface area contributed by atoms with Crippen molar-refractivity contribution in [1.29, 1.82) is 0 Å². The van der Waals surface area contributed by atoms with Crippen LogP contribution in [0.4, 0.5) is 0 Å². The second-order valence-electron chi connectivity index (χ2n) is 7.40. The lowest BCUT2D eigenvalue weighted by atomic mass is 10.1. The summed E-state index contributed by atoms with van der Waals surface area (Å²) in [5.74, 6) is -1.59. The molecule has 1 saturated heterocycles. The van der Waals surface area contributed by atoms with Crippen molar-refractivity contribution in [3.8, 4) is 40.1 Å². The van der Waals surface area contributed by atoms with E-state index in [0.29, 0.717) is 12.4 Å². The standard InChI is InChI=1S/C22H23NO7.ClH/c24-15-10-14(29-7-6-23-4-2-1-3-5-23)11-20-21(15)16(25)12-19(30-20)13-8-17(26)22(28)18(27)9-13;/h8-12,24,26-28H,1-7H2;1H. The number of nitrogens with zero attached hydrogens (tertiary/aromatic N) is 1. The summed E-state index contributed by atoms with van der Waals surface area (Å²) < 4.78 is 11.5. The van der Waals surface area contributed by atoms with Crippen molar-refractivity contribution in [2.75, 3.05) is 26.2 Å². The van der Waals surface area contributed by atoms with Gasteiger partial charge in [-0.1, -0.05) is 6.42 Å². The summed E-state index contributed by atoms with van der Waals surface area (Å²) in [6.07, 6.45) is 3.63. The molecule has 2 aromatic carbocycles. The normalized spacial score (nSPS) is 14.3. The van der Waals surface area contributed by atoms with Gasteiger partial charge in [0.25, 0.3) is 0 Å². The molecular weight excluding hydrogens is 426 g/mol. The third kappa shape index (κ3) is 4.81. The molecule has 1 fully saturated rings. The van der Waals surface area contributed by atoms with Crippen LogP contribution in [0.5, 0.6) is 28.7 Å². The van der Waals surface area contributed by atoms with Crippen LogP contribution in [0.2, 0.25) is 0 Å². The van der Waals surface area contributed by atoms with Gasteiger partial charge in [0, 0.05) is 30.3 Å². The molecule has 0 saturated carbocycles. The highest BCUT2D eigenvalue weighted by Gasteiger charge is 2.16. The minimum atomic E-state index is -0.663. The molecule has 166 valence electrons. The zero-order valence-electron chi connectivity index (χ0n) is 16.7. The minimum absolute atomic E-state index is 0. The van der Waals surface area contributed by atoms with Crippen LogP contribution in [0.3, 0.4) is 0 Å². The summed E-state index contributed by atoms with van der Waals surface area (Å²) >= 11 is 0. The number of ether oxygens (including phenoxy) is 1. The van der Waals surface area contributed by atoms with Crippen molar-refractivity contribution in [2.24, 2.45) is 0 Å². The smallest absolute Gasteiger partial charge is 0.200 e. The van der Waals surface area contributed by atoms with Gasteiger partial charge in [0.1, 0.15) is 34.8 Å². The third-order valence-corrected chi connectivity index (χ3v) is 5.26. The Balaban J connectivity index is 0.00000272. The molecule has 4 N–H and O–H groups in total. The SMILES string of the molecule is Cl.O=c1cc(-c2cc(O)c(O)c(O)c2)oc2cc(OCCN3CCCCC3)cc(O)c12. The van der Waals surface area contributed by atoms with Crippen LogP contribution in [0, 0.1) is 0 Å². The van der Waals surface area contributed by atoms with E-state index in [4.69, 9.17) is 9.15 Å². The molecule has 3 aromatic rings. The molecule has 9 heteroatoms. The molecule has 1 aliphatic rings. The summed E-state index contributed by atoms with van der Waals surface area (Å²) in [5.41, 5.74) is -0.189. The number of hydrogen-bond donors (Lipinski definition) is 4. The van der Waals surface area contributed by atoms with E-state index in [9.17, 15) is 25.2 Å². The number of rotatable bonds is 5. The predicted octanol–water partition coefficient (Wildman–Crippen LogP) is 3.57. The quantitative estimate of drug-likeness (QED) is 0.436. The predicted molar refractivity (Wildman–Crippen MR) is 118 cm³/mol. The van der Waals surface area contributed by atoms with Gasteiger partial charge >= 0.3 is 0 Å². The molecule has 1 aromatic heterocycles. The van der Waals surface area contributed by atoms with Crippen LogP contribution in [-0.4, -0.2) is 51.6 Å². The van der Waals surface area contributed by atoms with Crippen molar-refractivity contribution in [2.45, 2.75) is 19.3 Å². The Kier molecular flexibility index (Phi) is 6.82. The first-order chi connectivity index (χ1) is 14.4. The maximum absolute atomic E-state index is 12.5. The second kappa shape index (κ2) is 9.36. The lowest BCUT2D eigenvalue weighted by Gasteiger charge is -2.26. The maximum Gasteiger partial charge on any atom is 0.200 e. The number of likely N-dealkylation sites (tertiary alicyclic amines) is 1. The van der Waals surface area contributed by atoms with E-state index < -0.39 is 22.7 Å². The molecule has 4 rings (SSSR count). The molecule has 0 amide bonds. The van der Waals surface area contributed by atoms with Crippen LogP contribution in [0.1, 0.15) is 19.3 Å². The number of benzene rings is 2. The summed E-state index contributed by atoms with van der Waals surface area (Å²) in [7, 11) is 0. The highest BCUT2D eigenvalue weighted by molar-refractivity contribution is 5.86. The summed E-state index contributed by atoms with van der Waals surface area (Å²) in [5, 5.41) is 39.3. The molecule has 0 spiro atoms. The zero-order chi connectivity index (χ0) is 21.3. The Morgan fingerprint density at radius 1 is 0.903 bits per heavy atom. The van der Waals surface area contributed by atoms with Gasteiger partial charge in [0.2, 0.25) is 0 Å². The fourth-order valence-corrected chi connectivity index (χ4v) is 3.69. The molecule has 8 nitrogen and oxygen atoms in total. The summed E-state index contributed by atoms with van der Waals surface area (Å²) in [6, 6.07) is 6.38. The first-order valence-corrected chi connectivity index (χ1v) is 9.84. The van der Waals surface area contributed by atoms with Gasteiger partial charge < -0.3 is 29.6 Å². The number of phenolic OH excluding ortho intramolecular Hbond substituents is 4. The third-order valence-electron chi connectivity index (χ3n) is 5.26. The lowest BCUT2D eigenvalue weighted by Crippen LogP contribution is -2.33. The topological polar surface area (TPSA) is 124 Å². The van der Waals surface area contributed by atoms with Gasteiger partial charge in [0.15, 0.2) is 22.7 Å². The number of fused-ring (bicyclic) bond motifs is 1. The van der Waals surface area contributed by atoms with Gasteiger partial charge in [-0.15, -0.1) is 12.4 Å². The molecule has 0 bridgehead atoms. The molecule has 0 radical (unpaired) electrons. The number of halogens is 1. The molecule has 31 heavy (non-hydrogen) atoms. The Labute approximate surface area is 184 Å². The Morgan fingerprint density at radius 2 is 1.58 bits per heavy atom. The fraction of sp³-hybridized carbons (Fsp3) is 0.318. The van der Waals surface area contributed by atoms with E-state index >= 15 is 0 Å². The van der Waals surface area contributed by atoms with E-state index in [0.717, 1.165) is 37.8 Å². The molecule has 0 atom stereocenters. The molecule has 2 heterocycles. The number of aromatic hydroxyl groups is 4. The van der Waals surface area contributed by atoms with Crippen molar-refractivity contribution < 1.29 is 29.6 Å². The van der Waals surface area contributed by atoms with Crippen LogP contribution in [0.25, 0.3) is 22.3 Å². The van der Waals surface area contributed by atoms with E-state index in [1.807, 2.05) is 0 Å². The fourth-order valence-electron chi connectivity index (χ4n) is 3.69. The van der Waals surface area contributed by atoms with Gasteiger partial charge in [-0.3, -0.25) is 9.69 Å². The minimum Gasteiger partial charge on any atom is -0.507 e. The van der Waals surface area contributed by atoms with Gasteiger partial charge in [-0.2, -0.15) is 0 Å². The summed E-state index contributed by atoms with van der Waals surface area (Å²) in [4.78, 5) is 14.8. The molecule has 0 aliphatic carbocycles. The Morgan fingerprint density at radius 3 is 2.26 bits per heavy atom. The molecule has 1 aliphatic heterocycles. The van der Waals surface area contributed by atoms with Gasteiger partial charge in [-0.25, -0.2) is 0 Å². The highest BCUT2D eigenvalue weighted by atomic mass is 35.5. The van der Waals surface area contributed by atoms with Crippen molar-refractivity contribution in [3.05, 3.63) is 40.6 Å². The largest absolute Gasteiger partial charge is 0.507 e. The second-order valence-corrected chi connectivity index (χ2v) is 7.40. The number of piperidine rings is 1. The average Bonchev–Trinajstić information content (AvgIpc) is 2.72. The van der Waals surface area contributed by atoms with E-state index in [1.165, 1.54) is 31.4 Å². The van der Waals surface area contributed by atoms with Crippen molar-refractivity contribution >= 4 is 23.4 Å². The summed E-state index contributed by atoms with van der Waals surface area (Å²) in [6.45, 7) is 3.32. The number of phenols is 4. The van der Waals surface area contributed by atoms with Crippen LogP contribution in [-0.2, 0) is 0 Å². The Hall–Kier alpha value is -3.10. The van der Waals surface area contributed by atoms with Gasteiger partial charge in [-0.05, 0) is 38.1 Å². The van der Waals surface area contributed by atoms with Crippen molar-refractivity contribution in [3.63, 3.8) is 0 Å². The van der Waals surface area contributed by atoms with Crippen molar-refractivity contribution in [1.82, 2.24) is 4.90 Å².